The van der Waals surface area contributed by atoms with Gasteiger partial charge >= 0.3 is 5.97 Å². The summed E-state index contributed by atoms with van der Waals surface area (Å²) in [6, 6.07) is 2.95. The first-order valence-corrected chi connectivity index (χ1v) is 7.82. The van der Waals surface area contributed by atoms with Gasteiger partial charge in [-0.15, -0.1) is 11.8 Å². The topological polar surface area (TPSA) is 108 Å². The number of β-lactam (4-membered cyclic amide) rings is 1. The average Bonchev–Trinajstić information content (AvgIpc) is 2.53. The Morgan fingerprint density at radius 2 is 2.32 bits per heavy atom. The third kappa shape index (κ3) is 2.39. The first-order valence-electron chi connectivity index (χ1n) is 6.77. The highest BCUT2D eigenvalue weighted by Crippen LogP contribution is 2.39. The van der Waals surface area contributed by atoms with Crippen molar-refractivity contribution in [3.8, 4) is 0 Å². The number of hydrogen-bond acceptors (Lipinski definition) is 5. The number of hydrogen-bond donors (Lipinski definition) is 3. The first-order chi connectivity index (χ1) is 10.5. The van der Waals surface area contributed by atoms with Crippen molar-refractivity contribution >= 4 is 23.6 Å². The number of aliphatic hydroxyl groups is 1. The Labute approximate surface area is 131 Å². The number of carbonyl (C=O) groups is 2. The molecule has 116 valence electrons. The van der Waals surface area contributed by atoms with E-state index < -0.39 is 12.0 Å². The quantitative estimate of drug-likeness (QED) is 0.487. The minimum atomic E-state index is -1.11. The van der Waals surface area contributed by atoms with Crippen molar-refractivity contribution in [1.82, 2.24) is 4.90 Å². The van der Waals surface area contributed by atoms with Crippen LogP contribution in [0, 0.1) is 0 Å². The van der Waals surface area contributed by atoms with Crippen molar-refractivity contribution in [1.29, 1.82) is 0 Å². The van der Waals surface area contributed by atoms with Gasteiger partial charge in [-0.2, -0.15) is 0 Å². The summed E-state index contributed by atoms with van der Waals surface area (Å²) in [6.45, 7) is 0.274. The molecule has 2 atom stereocenters. The normalized spacial score (nSPS) is 24.1. The fraction of sp³-hybridized carbons (Fsp3) is 0.357. The molecule has 8 heteroatoms. The molecule has 0 bridgehead atoms. The fourth-order valence-corrected chi connectivity index (χ4v) is 3.97. The van der Waals surface area contributed by atoms with Crippen molar-refractivity contribution in [3.05, 3.63) is 41.4 Å². The summed E-state index contributed by atoms with van der Waals surface area (Å²) < 4.78 is 1.80. The van der Waals surface area contributed by atoms with Gasteiger partial charge in [0.1, 0.15) is 17.1 Å². The molecule has 3 rings (SSSR count). The van der Waals surface area contributed by atoms with E-state index in [-0.39, 0.29) is 23.6 Å². The highest BCUT2D eigenvalue weighted by atomic mass is 32.2. The van der Waals surface area contributed by atoms with E-state index in [1.54, 1.807) is 29.1 Å². The van der Waals surface area contributed by atoms with Crippen LogP contribution in [-0.4, -0.2) is 44.2 Å². The lowest BCUT2D eigenvalue weighted by Crippen LogP contribution is -2.68. The van der Waals surface area contributed by atoms with E-state index in [0.717, 1.165) is 5.56 Å². The van der Waals surface area contributed by atoms with Crippen LogP contribution in [0.25, 0.3) is 0 Å². The molecule has 2 aliphatic rings. The van der Waals surface area contributed by atoms with Gasteiger partial charge in [0.05, 0.1) is 6.61 Å². The number of nitrogens with two attached hydrogens (primary N) is 1. The van der Waals surface area contributed by atoms with Crippen LogP contribution in [0.1, 0.15) is 5.56 Å². The number of carbonyl (C=O) groups excluding carboxylic acids is 1. The zero-order chi connectivity index (χ0) is 15.9. The number of fused-ring (bicyclic) bond motifs is 1. The molecule has 1 amide bonds. The molecule has 7 nitrogen and oxygen atoms in total. The Morgan fingerprint density at radius 1 is 1.55 bits per heavy atom. The van der Waals surface area contributed by atoms with Gasteiger partial charge in [-0.25, -0.2) is 9.36 Å². The molecule has 22 heavy (non-hydrogen) atoms. The SMILES string of the molecule is NC1C(=O)N2C(C(=O)O)=C(C[n+]3cccc(CO)c3)CS[C@H]12. The number of aliphatic carboxylic acids is 1. The Morgan fingerprint density at radius 3 is 3.00 bits per heavy atom. The van der Waals surface area contributed by atoms with E-state index >= 15 is 0 Å². The maximum absolute atomic E-state index is 11.9. The highest BCUT2D eigenvalue weighted by molar-refractivity contribution is 8.00. The van der Waals surface area contributed by atoms with E-state index in [4.69, 9.17) is 10.8 Å². The Hall–Kier alpha value is -1.90. The Kier molecular flexibility index (Phi) is 3.90. The lowest BCUT2D eigenvalue weighted by Gasteiger charge is -2.47. The second-order valence-corrected chi connectivity index (χ2v) is 6.34. The fourth-order valence-electron chi connectivity index (χ4n) is 2.69. The minimum absolute atomic E-state index is 0.0392. The number of thioether (sulfide) groups is 1. The first kappa shape index (κ1) is 15.0. The van der Waals surface area contributed by atoms with Crippen LogP contribution in [-0.2, 0) is 22.7 Å². The van der Waals surface area contributed by atoms with Gasteiger partial charge in [-0.1, -0.05) is 0 Å². The van der Waals surface area contributed by atoms with E-state index in [2.05, 4.69) is 0 Å². The summed E-state index contributed by atoms with van der Waals surface area (Å²) >= 11 is 1.48. The van der Waals surface area contributed by atoms with Gasteiger partial charge in [-0.05, 0) is 6.07 Å². The molecule has 2 aliphatic heterocycles. The van der Waals surface area contributed by atoms with Crippen LogP contribution in [0.4, 0.5) is 0 Å². The molecular formula is C14H16N3O4S+. The summed E-state index contributed by atoms with van der Waals surface area (Å²) in [4.78, 5) is 24.7. The third-order valence-corrected chi connectivity index (χ3v) is 5.13. The summed E-state index contributed by atoms with van der Waals surface area (Å²) in [5.41, 5.74) is 7.15. The largest absolute Gasteiger partial charge is 0.477 e. The lowest BCUT2D eigenvalue weighted by atomic mass is 10.0. The van der Waals surface area contributed by atoms with E-state index in [0.29, 0.717) is 17.9 Å². The standard InChI is InChI=1S/C14H15N3O4S/c15-10-12(19)17-11(14(20)21)9(7-22-13(10)17)5-16-3-1-2-8(4-16)6-18/h1-4,10,13,18H,5-7,15H2/p+1/t10?,13-/m1/s1. The predicted octanol–water partition coefficient (Wildman–Crippen LogP) is -0.952. The maximum Gasteiger partial charge on any atom is 0.352 e. The molecule has 0 spiro atoms. The van der Waals surface area contributed by atoms with Crippen molar-refractivity contribution in [3.63, 3.8) is 0 Å². The number of aliphatic hydroxyl groups excluding tert-OH is 1. The molecule has 3 heterocycles. The van der Waals surface area contributed by atoms with Crippen LogP contribution < -0.4 is 10.3 Å². The molecular weight excluding hydrogens is 306 g/mol. The van der Waals surface area contributed by atoms with Gasteiger partial charge in [0.15, 0.2) is 18.9 Å². The Bertz CT molecular complexity index is 676. The lowest BCUT2D eigenvalue weighted by molar-refractivity contribution is -0.689. The predicted molar refractivity (Wildman–Crippen MR) is 78.3 cm³/mol. The molecule has 4 N–H and O–H groups in total. The second-order valence-electron chi connectivity index (χ2n) is 5.24. The van der Waals surface area contributed by atoms with Crippen LogP contribution in [0.5, 0.6) is 0 Å². The number of aromatic nitrogens is 1. The number of rotatable bonds is 4. The highest BCUT2D eigenvalue weighted by Gasteiger charge is 2.52. The van der Waals surface area contributed by atoms with Crippen LogP contribution in [0.15, 0.2) is 35.8 Å². The summed E-state index contributed by atoms with van der Waals surface area (Å²) in [5, 5.41) is 18.3. The van der Waals surface area contributed by atoms with Crippen molar-refractivity contribution < 1.29 is 24.4 Å². The third-order valence-electron chi connectivity index (χ3n) is 3.77. The number of pyridine rings is 1. The van der Waals surface area contributed by atoms with E-state index in [1.165, 1.54) is 16.7 Å². The van der Waals surface area contributed by atoms with Crippen molar-refractivity contribution in [2.75, 3.05) is 5.75 Å². The summed E-state index contributed by atoms with van der Waals surface area (Å²) in [5.74, 6) is -0.944. The molecule has 1 fully saturated rings. The molecule has 1 saturated heterocycles. The monoisotopic (exact) mass is 322 g/mol. The summed E-state index contributed by atoms with van der Waals surface area (Å²) in [6.07, 6.45) is 3.55. The van der Waals surface area contributed by atoms with Gasteiger partial charge in [-0.3, -0.25) is 9.69 Å². The molecule has 1 aromatic rings. The molecule has 0 saturated carbocycles. The number of amides is 1. The molecule has 0 aromatic carbocycles. The van der Waals surface area contributed by atoms with Gasteiger partial charge in [0.25, 0.3) is 0 Å². The van der Waals surface area contributed by atoms with E-state index in [9.17, 15) is 14.7 Å². The smallest absolute Gasteiger partial charge is 0.352 e. The number of carboxylic acids is 1. The van der Waals surface area contributed by atoms with E-state index in [1.807, 2.05) is 0 Å². The van der Waals surface area contributed by atoms with Crippen LogP contribution >= 0.6 is 11.8 Å². The molecule has 0 radical (unpaired) electrons. The minimum Gasteiger partial charge on any atom is -0.477 e. The van der Waals surface area contributed by atoms with Crippen LogP contribution in [0.2, 0.25) is 0 Å². The second kappa shape index (κ2) is 5.71. The molecule has 1 unspecified atom stereocenters. The zero-order valence-corrected chi connectivity index (χ0v) is 12.5. The number of nitrogens with zero attached hydrogens (tertiary/aromatic N) is 2. The maximum atomic E-state index is 11.9. The van der Waals surface area contributed by atoms with Crippen molar-refractivity contribution in [2.24, 2.45) is 5.73 Å². The summed E-state index contributed by atoms with van der Waals surface area (Å²) in [7, 11) is 0. The average molecular weight is 322 g/mol. The zero-order valence-electron chi connectivity index (χ0n) is 11.7. The molecule has 0 aliphatic carbocycles. The molecule has 1 aromatic heterocycles. The van der Waals surface area contributed by atoms with Gasteiger partial charge < -0.3 is 15.9 Å². The van der Waals surface area contributed by atoms with Crippen LogP contribution in [0.3, 0.4) is 0 Å². The Balaban J connectivity index is 1.93. The number of carboxylic acid groups (broad SMARTS) is 1. The van der Waals surface area contributed by atoms with Gasteiger partial charge in [0, 0.05) is 23.0 Å². The van der Waals surface area contributed by atoms with Gasteiger partial charge in [0.2, 0.25) is 5.91 Å². The van der Waals surface area contributed by atoms with Crippen molar-refractivity contribution in [2.45, 2.75) is 24.6 Å².